The molecular weight excluding hydrogens is 504 g/mol. The van der Waals surface area contributed by atoms with Gasteiger partial charge in [-0.05, 0) is 54.9 Å². The second kappa shape index (κ2) is 13.1. The zero-order chi connectivity index (χ0) is 26.1. The standard InChI is InChI=1S/C26H27ClN2O6S/c1-3-5-13-35-25(32)19-15-18(10-11-20(19)27)28-23(30)16-29-24(31)22(36-26(29)33)14-17-8-6-7-9-21(17)34-12-4-2/h6-11,14-15H,3-5,12-13,16H2,1-2H3,(H,28,30)/b22-14+. The molecule has 1 N–H and O–H groups in total. The molecule has 10 heteroatoms. The number of anilines is 1. The smallest absolute Gasteiger partial charge is 0.339 e. The monoisotopic (exact) mass is 530 g/mol. The fourth-order valence-electron chi connectivity index (χ4n) is 3.21. The Balaban J connectivity index is 1.67. The molecule has 0 radical (unpaired) electrons. The molecule has 2 aromatic carbocycles. The molecule has 3 rings (SSSR count). The Morgan fingerprint density at radius 2 is 1.86 bits per heavy atom. The Labute approximate surface area is 219 Å². The second-order valence-corrected chi connectivity index (χ2v) is 9.29. The van der Waals surface area contributed by atoms with Gasteiger partial charge in [-0.3, -0.25) is 19.3 Å². The fraction of sp³-hybridized carbons (Fsp3) is 0.308. The summed E-state index contributed by atoms with van der Waals surface area (Å²) in [5, 5.41) is 2.23. The van der Waals surface area contributed by atoms with E-state index >= 15 is 0 Å². The van der Waals surface area contributed by atoms with Gasteiger partial charge in [0, 0.05) is 11.3 Å². The average Bonchev–Trinajstić information content (AvgIpc) is 3.12. The summed E-state index contributed by atoms with van der Waals surface area (Å²) in [4.78, 5) is 51.3. The van der Waals surface area contributed by atoms with Gasteiger partial charge in [-0.25, -0.2) is 4.79 Å². The van der Waals surface area contributed by atoms with E-state index in [4.69, 9.17) is 21.1 Å². The Morgan fingerprint density at radius 1 is 1.08 bits per heavy atom. The predicted octanol–water partition coefficient (Wildman–Crippen LogP) is 5.76. The van der Waals surface area contributed by atoms with Crippen molar-refractivity contribution < 1.29 is 28.7 Å². The molecule has 1 aliphatic heterocycles. The highest BCUT2D eigenvalue weighted by Gasteiger charge is 2.36. The molecule has 8 nitrogen and oxygen atoms in total. The number of hydrogen-bond acceptors (Lipinski definition) is 7. The van der Waals surface area contributed by atoms with Crippen molar-refractivity contribution in [3.05, 3.63) is 63.5 Å². The lowest BCUT2D eigenvalue weighted by Crippen LogP contribution is -2.36. The molecule has 1 saturated heterocycles. The largest absolute Gasteiger partial charge is 0.493 e. The maximum atomic E-state index is 12.9. The number of benzene rings is 2. The maximum Gasteiger partial charge on any atom is 0.339 e. The van der Waals surface area contributed by atoms with Crippen LogP contribution in [0.25, 0.3) is 6.08 Å². The van der Waals surface area contributed by atoms with Crippen LogP contribution in [-0.2, 0) is 14.3 Å². The Kier molecular flexibility index (Phi) is 9.95. The molecule has 0 atom stereocenters. The number of rotatable bonds is 11. The first-order valence-electron chi connectivity index (χ1n) is 11.6. The van der Waals surface area contributed by atoms with Gasteiger partial charge < -0.3 is 14.8 Å². The number of nitrogens with zero attached hydrogens (tertiary/aromatic N) is 1. The maximum absolute atomic E-state index is 12.9. The predicted molar refractivity (Wildman–Crippen MR) is 140 cm³/mol. The van der Waals surface area contributed by atoms with Crippen LogP contribution < -0.4 is 10.1 Å². The zero-order valence-electron chi connectivity index (χ0n) is 20.0. The number of imide groups is 1. The quantitative estimate of drug-likeness (QED) is 0.224. The van der Waals surface area contributed by atoms with Gasteiger partial charge in [0.1, 0.15) is 12.3 Å². The van der Waals surface area contributed by atoms with Crippen LogP contribution in [0.5, 0.6) is 5.75 Å². The lowest BCUT2D eigenvalue weighted by atomic mass is 10.2. The van der Waals surface area contributed by atoms with Crippen molar-refractivity contribution >= 4 is 58.1 Å². The number of para-hydroxylation sites is 1. The molecule has 1 fully saturated rings. The molecule has 0 aliphatic carbocycles. The van der Waals surface area contributed by atoms with Crippen molar-refractivity contribution in [3.63, 3.8) is 0 Å². The van der Waals surface area contributed by atoms with Gasteiger partial charge in [-0.2, -0.15) is 0 Å². The van der Waals surface area contributed by atoms with Crippen LogP contribution in [0.2, 0.25) is 5.02 Å². The first-order valence-corrected chi connectivity index (χ1v) is 12.8. The van der Waals surface area contributed by atoms with Crippen molar-refractivity contribution in [2.45, 2.75) is 33.1 Å². The summed E-state index contributed by atoms with van der Waals surface area (Å²) in [6, 6.07) is 11.6. The molecule has 1 heterocycles. The minimum Gasteiger partial charge on any atom is -0.493 e. The molecule has 190 valence electrons. The van der Waals surface area contributed by atoms with E-state index in [1.165, 1.54) is 18.2 Å². The van der Waals surface area contributed by atoms with Gasteiger partial charge in [0.05, 0.1) is 28.7 Å². The van der Waals surface area contributed by atoms with Crippen molar-refractivity contribution in [3.8, 4) is 5.75 Å². The highest BCUT2D eigenvalue weighted by atomic mass is 35.5. The Morgan fingerprint density at radius 3 is 2.61 bits per heavy atom. The van der Waals surface area contributed by atoms with Crippen LogP contribution in [0, 0.1) is 0 Å². The van der Waals surface area contributed by atoms with E-state index in [1.807, 2.05) is 26.0 Å². The molecule has 0 saturated carbocycles. The van der Waals surface area contributed by atoms with E-state index in [9.17, 15) is 19.2 Å². The number of ether oxygens (including phenoxy) is 2. The van der Waals surface area contributed by atoms with Crippen molar-refractivity contribution in [2.75, 3.05) is 25.1 Å². The molecule has 0 unspecified atom stereocenters. The van der Waals surface area contributed by atoms with Gasteiger partial charge in [0.15, 0.2) is 0 Å². The summed E-state index contributed by atoms with van der Waals surface area (Å²) in [6.07, 6.45) is 4.02. The first-order chi connectivity index (χ1) is 17.3. The third-order valence-electron chi connectivity index (χ3n) is 5.04. The number of carbonyl (C=O) groups is 4. The summed E-state index contributed by atoms with van der Waals surface area (Å²) in [5.41, 5.74) is 1.07. The topological polar surface area (TPSA) is 102 Å². The first kappa shape index (κ1) is 27.3. The molecule has 0 aromatic heterocycles. The highest BCUT2D eigenvalue weighted by molar-refractivity contribution is 8.18. The molecule has 2 aromatic rings. The summed E-state index contributed by atoms with van der Waals surface area (Å²) in [5.74, 6) is -1.15. The molecular formula is C26H27ClN2O6S. The van der Waals surface area contributed by atoms with E-state index in [0.29, 0.717) is 17.9 Å². The van der Waals surface area contributed by atoms with E-state index < -0.39 is 29.6 Å². The Hall–Kier alpha value is -3.30. The highest BCUT2D eigenvalue weighted by Crippen LogP contribution is 2.34. The third-order valence-corrected chi connectivity index (χ3v) is 6.28. The minimum atomic E-state index is -0.599. The van der Waals surface area contributed by atoms with Crippen LogP contribution in [0.4, 0.5) is 10.5 Å². The molecule has 1 aliphatic rings. The number of halogens is 1. The number of unbranched alkanes of at least 4 members (excludes halogenated alkanes) is 1. The second-order valence-electron chi connectivity index (χ2n) is 7.89. The summed E-state index contributed by atoms with van der Waals surface area (Å²) < 4.78 is 10.9. The van der Waals surface area contributed by atoms with Gasteiger partial charge in [-0.1, -0.05) is 50.1 Å². The van der Waals surface area contributed by atoms with Gasteiger partial charge in [0.2, 0.25) is 5.91 Å². The minimum absolute atomic E-state index is 0.114. The van der Waals surface area contributed by atoms with Gasteiger partial charge >= 0.3 is 5.97 Å². The van der Waals surface area contributed by atoms with Crippen LogP contribution in [0.1, 0.15) is 49.0 Å². The number of amides is 3. The molecule has 3 amide bonds. The SMILES string of the molecule is CCCCOC(=O)c1cc(NC(=O)CN2C(=O)S/C(=C/c3ccccc3OCCC)C2=O)ccc1Cl. The van der Waals surface area contributed by atoms with E-state index in [0.717, 1.165) is 35.9 Å². The lowest BCUT2D eigenvalue weighted by Gasteiger charge is -2.13. The zero-order valence-corrected chi connectivity index (χ0v) is 21.6. The van der Waals surface area contributed by atoms with Gasteiger partial charge in [-0.15, -0.1) is 0 Å². The van der Waals surface area contributed by atoms with Crippen LogP contribution in [-0.4, -0.2) is 47.7 Å². The molecule has 0 spiro atoms. The lowest BCUT2D eigenvalue weighted by molar-refractivity contribution is -0.127. The van der Waals surface area contributed by atoms with Gasteiger partial charge in [0.25, 0.3) is 11.1 Å². The number of esters is 1. The third kappa shape index (κ3) is 7.11. The summed E-state index contributed by atoms with van der Waals surface area (Å²) >= 11 is 6.87. The Bertz CT molecular complexity index is 1180. The summed E-state index contributed by atoms with van der Waals surface area (Å²) in [6.45, 7) is 4.28. The number of thioether (sulfide) groups is 1. The molecule has 36 heavy (non-hydrogen) atoms. The fourth-order valence-corrected chi connectivity index (χ4v) is 4.24. The van der Waals surface area contributed by atoms with E-state index in [2.05, 4.69) is 5.32 Å². The van der Waals surface area contributed by atoms with Crippen molar-refractivity contribution in [1.82, 2.24) is 4.90 Å². The normalized spacial score (nSPS) is 14.3. The van der Waals surface area contributed by atoms with Crippen LogP contribution in [0.3, 0.4) is 0 Å². The number of hydrogen-bond donors (Lipinski definition) is 1. The van der Waals surface area contributed by atoms with Crippen LogP contribution >= 0.6 is 23.4 Å². The molecule has 0 bridgehead atoms. The van der Waals surface area contributed by atoms with Crippen molar-refractivity contribution in [1.29, 1.82) is 0 Å². The van der Waals surface area contributed by atoms with Crippen molar-refractivity contribution in [2.24, 2.45) is 0 Å². The van der Waals surface area contributed by atoms with E-state index in [1.54, 1.807) is 18.2 Å². The number of nitrogens with one attached hydrogen (secondary N) is 1. The average molecular weight is 531 g/mol. The number of carbonyl (C=O) groups excluding carboxylic acids is 4. The van der Waals surface area contributed by atoms with E-state index in [-0.39, 0.29) is 27.8 Å². The summed E-state index contributed by atoms with van der Waals surface area (Å²) in [7, 11) is 0. The van der Waals surface area contributed by atoms with Crippen LogP contribution in [0.15, 0.2) is 47.4 Å².